The first kappa shape index (κ1) is 39.5. The van der Waals surface area contributed by atoms with Crippen LogP contribution in [0.4, 0.5) is 0 Å². The monoisotopic (exact) mass is 632 g/mol. The van der Waals surface area contributed by atoms with Gasteiger partial charge in [0.25, 0.3) is 0 Å². The second-order valence-electron chi connectivity index (χ2n) is 14.9. The molecule has 0 radical (unpaired) electrons. The molecule has 0 aliphatic carbocycles. The van der Waals surface area contributed by atoms with Crippen LogP contribution in [-0.2, 0) is 18.4 Å². The van der Waals surface area contributed by atoms with Crippen molar-refractivity contribution in [3.05, 3.63) is 47.5 Å². The van der Waals surface area contributed by atoms with E-state index in [9.17, 15) is 9.90 Å². The number of unbranched alkanes of at least 4 members (excludes halogenated alkanes) is 2. The minimum Gasteiger partial charge on any atom is -0.466 e. The summed E-state index contributed by atoms with van der Waals surface area (Å²) >= 11 is 0. The van der Waals surface area contributed by atoms with Crippen molar-refractivity contribution in [2.75, 3.05) is 6.61 Å². The van der Waals surface area contributed by atoms with Crippen LogP contribution in [0.25, 0.3) is 12.2 Å². The van der Waals surface area contributed by atoms with E-state index in [4.69, 9.17) is 13.6 Å². The average Bonchev–Trinajstić information content (AvgIpc) is 2.88. The van der Waals surface area contributed by atoms with Gasteiger partial charge < -0.3 is 18.7 Å². The maximum absolute atomic E-state index is 11.6. The summed E-state index contributed by atoms with van der Waals surface area (Å²) in [5.74, 6) is -0.214. The zero-order valence-corrected chi connectivity index (χ0v) is 31.6. The highest BCUT2D eigenvalue weighted by Gasteiger charge is 2.44. The van der Waals surface area contributed by atoms with Crippen molar-refractivity contribution in [1.29, 1.82) is 0 Å². The number of aliphatic hydroxyl groups excluding tert-OH is 1. The SMILES string of the molecule is CCCCCC(O[Si](C)(C)C(C)(C)C)C(/C=C/c1ccccc1/C=C/C(O)CCCC(=O)OCC)O[Si](C)(C)C(C)(C)C. The van der Waals surface area contributed by atoms with E-state index < -0.39 is 22.7 Å². The van der Waals surface area contributed by atoms with Crippen molar-refractivity contribution in [2.24, 2.45) is 0 Å². The Kier molecular flexibility index (Phi) is 16.4. The van der Waals surface area contributed by atoms with Crippen molar-refractivity contribution in [2.45, 2.75) is 155 Å². The lowest BCUT2D eigenvalue weighted by Crippen LogP contribution is -2.51. The average molecular weight is 633 g/mol. The fourth-order valence-electron chi connectivity index (χ4n) is 4.21. The van der Waals surface area contributed by atoms with Gasteiger partial charge in [0.1, 0.15) is 0 Å². The van der Waals surface area contributed by atoms with Gasteiger partial charge in [-0.1, -0.05) is 116 Å². The molecule has 1 aromatic rings. The largest absolute Gasteiger partial charge is 0.466 e. The molecule has 0 amide bonds. The molecule has 43 heavy (non-hydrogen) atoms. The highest BCUT2D eigenvalue weighted by atomic mass is 28.4. The van der Waals surface area contributed by atoms with E-state index in [0.717, 1.165) is 24.0 Å². The van der Waals surface area contributed by atoms with E-state index in [1.807, 2.05) is 24.3 Å². The van der Waals surface area contributed by atoms with Crippen molar-refractivity contribution in [3.63, 3.8) is 0 Å². The van der Waals surface area contributed by atoms with Crippen LogP contribution in [0.5, 0.6) is 0 Å². The molecule has 0 spiro atoms. The van der Waals surface area contributed by atoms with Crippen LogP contribution in [0.3, 0.4) is 0 Å². The van der Waals surface area contributed by atoms with Crippen molar-refractivity contribution in [1.82, 2.24) is 0 Å². The smallest absolute Gasteiger partial charge is 0.305 e. The second kappa shape index (κ2) is 17.8. The molecule has 3 unspecified atom stereocenters. The molecule has 0 aliphatic rings. The molecule has 0 fully saturated rings. The summed E-state index contributed by atoms with van der Waals surface area (Å²) in [7, 11) is -4.15. The summed E-state index contributed by atoms with van der Waals surface area (Å²) in [6, 6.07) is 8.23. The number of rotatable bonds is 18. The molecule has 5 nitrogen and oxygen atoms in total. The van der Waals surface area contributed by atoms with Gasteiger partial charge in [0.15, 0.2) is 16.6 Å². The second-order valence-corrected chi connectivity index (χ2v) is 24.4. The number of carbonyl (C=O) groups excluding carboxylic acids is 1. The summed E-state index contributed by atoms with van der Waals surface area (Å²) in [6.07, 6.45) is 13.3. The van der Waals surface area contributed by atoms with Gasteiger partial charge in [0.2, 0.25) is 0 Å². The summed E-state index contributed by atoms with van der Waals surface area (Å²) < 4.78 is 19.3. The van der Waals surface area contributed by atoms with E-state index in [0.29, 0.717) is 25.9 Å². The van der Waals surface area contributed by atoms with Crippen LogP contribution >= 0.6 is 0 Å². The summed E-state index contributed by atoms with van der Waals surface area (Å²) in [6.45, 7) is 27.5. The predicted molar refractivity (Wildman–Crippen MR) is 189 cm³/mol. The van der Waals surface area contributed by atoms with Crippen LogP contribution in [0.2, 0.25) is 36.3 Å². The number of ether oxygens (including phenoxy) is 1. The van der Waals surface area contributed by atoms with Crippen molar-refractivity contribution in [3.8, 4) is 0 Å². The quantitative estimate of drug-likeness (QED) is 0.0991. The number of hydrogen-bond acceptors (Lipinski definition) is 5. The Hall–Kier alpha value is -1.52. The van der Waals surface area contributed by atoms with Crippen LogP contribution in [0.15, 0.2) is 36.4 Å². The lowest BCUT2D eigenvalue weighted by molar-refractivity contribution is -0.143. The highest BCUT2D eigenvalue weighted by molar-refractivity contribution is 6.74. The number of esters is 1. The Labute approximate surface area is 266 Å². The van der Waals surface area contributed by atoms with Crippen molar-refractivity contribution < 1.29 is 23.5 Å². The van der Waals surface area contributed by atoms with Gasteiger partial charge in [-0.25, -0.2) is 0 Å². The van der Waals surface area contributed by atoms with Gasteiger partial charge in [-0.15, -0.1) is 0 Å². The Morgan fingerprint density at radius 2 is 1.35 bits per heavy atom. The maximum atomic E-state index is 11.6. The molecule has 1 rings (SSSR count). The summed E-state index contributed by atoms with van der Waals surface area (Å²) in [5, 5.41) is 10.7. The minimum absolute atomic E-state index is 0.0123. The van der Waals surface area contributed by atoms with Crippen LogP contribution in [-0.4, -0.2) is 52.6 Å². The number of aliphatic hydroxyl groups is 1. The summed E-state index contributed by atoms with van der Waals surface area (Å²) in [4.78, 5) is 11.6. The molecule has 0 aliphatic heterocycles. The molecular weight excluding hydrogens is 569 g/mol. The minimum atomic E-state index is -2.10. The Balaban J connectivity index is 3.36. The van der Waals surface area contributed by atoms with Gasteiger partial charge in [0.05, 0.1) is 24.9 Å². The fraction of sp³-hybridized carbons (Fsp3) is 0.694. The molecule has 1 aromatic carbocycles. The van der Waals surface area contributed by atoms with Gasteiger partial charge in [-0.2, -0.15) is 0 Å². The molecule has 0 saturated heterocycles. The lowest BCUT2D eigenvalue weighted by Gasteiger charge is -2.44. The fourth-order valence-corrected chi connectivity index (χ4v) is 6.84. The first-order valence-corrected chi connectivity index (χ1v) is 22.3. The predicted octanol–water partition coefficient (Wildman–Crippen LogP) is 10.2. The molecule has 0 bridgehead atoms. The molecule has 246 valence electrons. The first-order chi connectivity index (χ1) is 19.8. The first-order valence-electron chi connectivity index (χ1n) is 16.5. The Bertz CT molecular complexity index is 1020. The molecular formula is C36H64O5Si2. The third-order valence-corrected chi connectivity index (χ3v) is 18.1. The molecule has 3 atom stereocenters. The number of carbonyl (C=O) groups is 1. The summed E-state index contributed by atoms with van der Waals surface area (Å²) in [5.41, 5.74) is 2.10. The van der Waals surface area contributed by atoms with Gasteiger partial charge in [0, 0.05) is 6.42 Å². The van der Waals surface area contributed by atoms with Crippen LogP contribution in [0, 0.1) is 0 Å². The van der Waals surface area contributed by atoms with E-state index in [-0.39, 0.29) is 28.3 Å². The standard InChI is InChI=1S/C36H64O5Si2/c1-13-15-16-23-32(40-42(9,10)35(3,4)5)33(41-43(11,12)36(6,7)8)28-26-30-21-18-17-20-29(30)25-27-31(37)22-19-24-34(38)39-14-2/h17-18,20-21,25-28,31-33,37H,13-16,19,22-24H2,1-12H3/b27-25+,28-26+. The maximum Gasteiger partial charge on any atom is 0.305 e. The van der Waals surface area contributed by atoms with E-state index in [1.165, 1.54) is 12.8 Å². The lowest BCUT2D eigenvalue weighted by atomic mass is 10.0. The molecule has 0 heterocycles. The van der Waals surface area contributed by atoms with Gasteiger partial charge in [-0.3, -0.25) is 4.79 Å². The zero-order valence-electron chi connectivity index (χ0n) is 29.6. The molecule has 1 N–H and O–H groups in total. The Morgan fingerprint density at radius 3 is 1.86 bits per heavy atom. The molecule has 0 saturated carbocycles. The normalized spacial score (nSPS) is 15.7. The zero-order chi connectivity index (χ0) is 32.9. The Morgan fingerprint density at radius 1 is 0.814 bits per heavy atom. The highest BCUT2D eigenvalue weighted by Crippen LogP contribution is 2.41. The van der Waals surface area contributed by atoms with E-state index in [1.54, 1.807) is 6.92 Å². The third-order valence-electron chi connectivity index (χ3n) is 9.09. The van der Waals surface area contributed by atoms with Gasteiger partial charge >= 0.3 is 5.97 Å². The van der Waals surface area contributed by atoms with E-state index in [2.05, 4.69) is 98.9 Å². The van der Waals surface area contributed by atoms with Crippen molar-refractivity contribution >= 4 is 34.8 Å². The van der Waals surface area contributed by atoms with Crippen LogP contribution < -0.4 is 0 Å². The van der Waals surface area contributed by atoms with Gasteiger partial charge in [-0.05, 0) is 73.6 Å². The topological polar surface area (TPSA) is 65.0 Å². The molecule has 0 aromatic heterocycles. The number of benzene rings is 1. The number of hydrogen-bond donors (Lipinski definition) is 1. The van der Waals surface area contributed by atoms with Crippen LogP contribution in [0.1, 0.15) is 111 Å². The van der Waals surface area contributed by atoms with E-state index >= 15 is 0 Å². The molecule has 7 heteroatoms. The third kappa shape index (κ3) is 14.0.